The van der Waals surface area contributed by atoms with Crippen LogP contribution in [-0.2, 0) is 10.5 Å². The summed E-state index contributed by atoms with van der Waals surface area (Å²) < 4.78 is 0. The Morgan fingerprint density at radius 3 is 3.08 bits per heavy atom. The Labute approximate surface area is 74.3 Å². The van der Waals surface area contributed by atoms with Gasteiger partial charge < -0.3 is 10.1 Å². The predicted molar refractivity (Wildman–Crippen MR) is 45.3 cm³/mol. The number of nitrogens with two attached hydrogens (primary N) is 1. The van der Waals surface area contributed by atoms with Gasteiger partial charge in [0.15, 0.2) is 0 Å². The van der Waals surface area contributed by atoms with Crippen LogP contribution in [0.15, 0.2) is 12.4 Å². The Morgan fingerprint density at radius 2 is 2.38 bits per heavy atom. The molecule has 1 aliphatic rings. The molecule has 13 heavy (non-hydrogen) atoms. The van der Waals surface area contributed by atoms with Crippen molar-refractivity contribution in [2.45, 2.75) is 12.6 Å². The van der Waals surface area contributed by atoms with Crippen molar-refractivity contribution < 1.29 is 9.90 Å². The minimum Gasteiger partial charge on any atom is -0.364 e. The highest BCUT2D eigenvalue weighted by atomic mass is 16.3. The van der Waals surface area contributed by atoms with E-state index < -0.39 is 11.5 Å². The summed E-state index contributed by atoms with van der Waals surface area (Å²) in [4.78, 5) is 17.9. The van der Waals surface area contributed by atoms with Crippen LogP contribution in [0.1, 0.15) is 18.3 Å². The molecule has 0 aliphatic heterocycles. The van der Waals surface area contributed by atoms with Crippen LogP contribution in [0.25, 0.3) is 5.57 Å². The Kier molecular flexibility index (Phi) is 1.43. The van der Waals surface area contributed by atoms with Crippen LogP contribution < -0.4 is 5.73 Å². The van der Waals surface area contributed by atoms with Crippen molar-refractivity contribution in [1.29, 1.82) is 0 Å². The van der Waals surface area contributed by atoms with Gasteiger partial charge in [-0.05, 0) is 18.6 Å². The molecule has 68 valence electrons. The quantitative estimate of drug-likeness (QED) is 0.468. The van der Waals surface area contributed by atoms with E-state index in [-0.39, 0.29) is 5.69 Å². The molecule has 4 N–H and O–H groups in total. The van der Waals surface area contributed by atoms with Crippen molar-refractivity contribution >= 4 is 11.4 Å². The molecule has 0 bridgehead atoms. The molecule has 1 aromatic heterocycles. The molecule has 0 amide bonds. The molecule has 0 spiro atoms. The molecule has 2 rings (SSSR count). The molecule has 0 radical (unpaired) electrons. The van der Waals surface area contributed by atoms with Gasteiger partial charge in [0.25, 0.3) is 0 Å². The lowest BCUT2D eigenvalue weighted by molar-refractivity contribution is -0.133. The zero-order valence-corrected chi connectivity index (χ0v) is 7.03. The van der Waals surface area contributed by atoms with Crippen molar-refractivity contribution in [2.24, 2.45) is 5.73 Å². The van der Waals surface area contributed by atoms with Gasteiger partial charge in [0.1, 0.15) is 0 Å². The zero-order chi connectivity index (χ0) is 9.64. The van der Waals surface area contributed by atoms with Crippen LogP contribution in [0.3, 0.4) is 0 Å². The van der Waals surface area contributed by atoms with Gasteiger partial charge in [0.2, 0.25) is 11.5 Å². The summed E-state index contributed by atoms with van der Waals surface area (Å²) in [5.41, 5.74) is 4.99. The van der Waals surface area contributed by atoms with E-state index in [1.54, 1.807) is 6.92 Å². The minimum atomic E-state index is -1.95. The number of hydrogen-bond donors (Lipinski definition) is 3. The van der Waals surface area contributed by atoms with E-state index in [4.69, 9.17) is 5.73 Å². The summed E-state index contributed by atoms with van der Waals surface area (Å²) in [6, 6.07) is 0. The number of carbonyl (C=O) groups is 1. The monoisotopic (exact) mass is 179 g/mol. The van der Waals surface area contributed by atoms with Crippen LogP contribution in [0, 0.1) is 0 Å². The van der Waals surface area contributed by atoms with E-state index >= 15 is 0 Å². The number of aromatic amines is 1. The lowest BCUT2D eigenvalue weighted by Gasteiger charge is -2.23. The van der Waals surface area contributed by atoms with Crippen molar-refractivity contribution in [2.75, 3.05) is 0 Å². The highest BCUT2D eigenvalue weighted by molar-refractivity contribution is 6.05. The van der Waals surface area contributed by atoms with E-state index in [0.717, 1.165) is 0 Å². The molecule has 5 nitrogen and oxygen atoms in total. The average molecular weight is 179 g/mol. The SMILES string of the molecule is CC1=CC(=O)C(N)(O)c2[nH]cnc21. The van der Waals surface area contributed by atoms with Crippen molar-refractivity contribution in [1.82, 2.24) is 9.97 Å². The van der Waals surface area contributed by atoms with Crippen LogP contribution in [-0.4, -0.2) is 20.9 Å². The summed E-state index contributed by atoms with van der Waals surface area (Å²) in [5.74, 6) is -0.526. The summed E-state index contributed by atoms with van der Waals surface area (Å²) in [5, 5.41) is 9.61. The van der Waals surface area contributed by atoms with Crippen LogP contribution in [0.4, 0.5) is 0 Å². The van der Waals surface area contributed by atoms with Gasteiger partial charge in [-0.2, -0.15) is 0 Å². The topological polar surface area (TPSA) is 92.0 Å². The Balaban J connectivity index is 2.70. The molecule has 1 unspecified atom stereocenters. The fourth-order valence-corrected chi connectivity index (χ4v) is 1.38. The Hall–Kier alpha value is -1.46. The van der Waals surface area contributed by atoms with Crippen LogP contribution in [0.5, 0.6) is 0 Å². The number of aliphatic hydroxyl groups is 1. The maximum Gasteiger partial charge on any atom is 0.221 e. The third-order valence-corrected chi connectivity index (χ3v) is 2.12. The van der Waals surface area contributed by atoms with Gasteiger partial charge in [0.05, 0.1) is 17.7 Å². The average Bonchev–Trinajstić information content (AvgIpc) is 2.49. The summed E-state index contributed by atoms with van der Waals surface area (Å²) >= 11 is 0. The Morgan fingerprint density at radius 1 is 1.69 bits per heavy atom. The first-order valence-electron chi connectivity index (χ1n) is 3.81. The number of hydrogen-bond acceptors (Lipinski definition) is 4. The van der Waals surface area contributed by atoms with E-state index in [2.05, 4.69) is 9.97 Å². The lowest BCUT2D eigenvalue weighted by Crippen LogP contribution is -2.46. The number of H-pyrrole nitrogens is 1. The van der Waals surface area contributed by atoms with E-state index in [9.17, 15) is 9.90 Å². The molecule has 1 aromatic rings. The second-order valence-corrected chi connectivity index (χ2v) is 3.08. The van der Waals surface area contributed by atoms with Crippen LogP contribution in [0.2, 0.25) is 0 Å². The molecular formula is C8H9N3O2. The fourth-order valence-electron chi connectivity index (χ4n) is 1.38. The molecule has 0 saturated heterocycles. The highest BCUT2D eigenvalue weighted by Gasteiger charge is 2.39. The predicted octanol–water partition coefficient (Wildman–Crippen LogP) is -0.501. The third-order valence-electron chi connectivity index (χ3n) is 2.12. The molecule has 5 heteroatoms. The number of imidazole rings is 1. The number of nitrogens with zero attached hydrogens (tertiary/aromatic N) is 1. The second kappa shape index (κ2) is 2.27. The minimum absolute atomic E-state index is 0.262. The van der Waals surface area contributed by atoms with Gasteiger partial charge >= 0.3 is 0 Å². The van der Waals surface area contributed by atoms with Gasteiger partial charge in [-0.25, -0.2) is 4.98 Å². The van der Waals surface area contributed by atoms with E-state index in [0.29, 0.717) is 11.3 Å². The number of aromatic nitrogens is 2. The Bertz CT molecular complexity index is 403. The first-order chi connectivity index (χ1) is 6.03. The molecule has 1 heterocycles. The first-order valence-corrected chi connectivity index (χ1v) is 3.81. The molecule has 0 aromatic carbocycles. The summed E-state index contributed by atoms with van der Waals surface area (Å²) in [6.45, 7) is 1.74. The van der Waals surface area contributed by atoms with Crippen molar-refractivity contribution in [3.05, 3.63) is 23.8 Å². The van der Waals surface area contributed by atoms with Crippen molar-refractivity contribution in [3.63, 3.8) is 0 Å². The number of allylic oxidation sites excluding steroid dienone is 1. The second-order valence-electron chi connectivity index (χ2n) is 3.08. The smallest absolute Gasteiger partial charge is 0.221 e. The number of fused-ring (bicyclic) bond motifs is 1. The van der Waals surface area contributed by atoms with Gasteiger partial charge in [-0.1, -0.05) is 0 Å². The molecule has 0 fully saturated rings. The van der Waals surface area contributed by atoms with Crippen LogP contribution >= 0.6 is 0 Å². The largest absolute Gasteiger partial charge is 0.364 e. The lowest BCUT2D eigenvalue weighted by atomic mass is 9.93. The molecular weight excluding hydrogens is 170 g/mol. The van der Waals surface area contributed by atoms with Crippen molar-refractivity contribution in [3.8, 4) is 0 Å². The molecule has 0 saturated carbocycles. The number of rotatable bonds is 0. The fraction of sp³-hybridized carbons (Fsp3) is 0.250. The number of carbonyl (C=O) groups excluding carboxylic acids is 1. The summed E-state index contributed by atoms with van der Waals surface area (Å²) in [7, 11) is 0. The van der Waals surface area contributed by atoms with E-state index in [1.165, 1.54) is 12.4 Å². The zero-order valence-electron chi connectivity index (χ0n) is 7.03. The maximum absolute atomic E-state index is 11.3. The first kappa shape index (κ1) is 8.15. The normalized spacial score (nSPS) is 27.0. The van der Waals surface area contributed by atoms with Gasteiger partial charge in [-0.15, -0.1) is 0 Å². The molecule has 1 aliphatic carbocycles. The highest BCUT2D eigenvalue weighted by Crippen LogP contribution is 2.28. The van der Waals surface area contributed by atoms with E-state index in [1.807, 2.05) is 0 Å². The molecule has 1 atom stereocenters. The summed E-state index contributed by atoms with van der Waals surface area (Å²) in [6.07, 6.45) is 2.70. The van der Waals surface area contributed by atoms with Gasteiger partial charge in [0, 0.05) is 0 Å². The maximum atomic E-state index is 11.3. The number of nitrogens with one attached hydrogen (secondary N) is 1. The third kappa shape index (κ3) is 0.944. The number of ketones is 1. The van der Waals surface area contributed by atoms with Gasteiger partial charge in [-0.3, -0.25) is 10.5 Å². The standard InChI is InChI=1S/C8H9N3O2/c1-4-2-5(12)8(9,13)7-6(4)10-3-11-7/h2-3,13H,9H2,1H3,(H,10,11).